The van der Waals surface area contributed by atoms with Crippen molar-refractivity contribution in [1.82, 2.24) is 15.3 Å². The Balaban J connectivity index is 1.51. The van der Waals surface area contributed by atoms with Gasteiger partial charge in [0.2, 0.25) is 0 Å². The second-order valence-electron chi connectivity index (χ2n) is 6.35. The number of rotatable bonds is 2. The molecule has 0 spiro atoms. The Morgan fingerprint density at radius 2 is 2.05 bits per heavy atom. The molecule has 4 nitrogen and oxygen atoms in total. The number of aromatic amines is 1. The molecule has 0 bridgehead atoms. The third kappa shape index (κ3) is 1.77. The van der Waals surface area contributed by atoms with Crippen molar-refractivity contribution < 1.29 is 0 Å². The first-order chi connectivity index (χ1) is 10.9. The molecule has 2 atom stereocenters. The first-order valence-corrected chi connectivity index (χ1v) is 7.88. The van der Waals surface area contributed by atoms with E-state index in [-0.39, 0.29) is 0 Å². The predicted octanol–water partition coefficient (Wildman–Crippen LogP) is 2.64. The number of nitrogens with one attached hydrogen (secondary N) is 2. The van der Waals surface area contributed by atoms with E-state index in [0.29, 0.717) is 6.04 Å². The fraction of sp³-hybridized carbons (Fsp3) is 0.278. The van der Waals surface area contributed by atoms with Crippen LogP contribution in [0.3, 0.4) is 0 Å². The van der Waals surface area contributed by atoms with Gasteiger partial charge in [-0.3, -0.25) is 4.98 Å². The summed E-state index contributed by atoms with van der Waals surface area (Å²) in [5.74, 6) is 0.818. The van der Waals surface area contributed by atoms with Crippen molar-refractivity contribution in [2.24, 2.45) is 5.92 Å². The minimum absolute atomic E-state index is 0.655. The van der Waals surface area contributed by atoms with Crippen LogP contribution in [0.15, 0.2) is 48.9 Å². The minimum Gasteiger partial charge on any atom is -0.365 e. The van der Waals surface area contributed by atoms with Gasteiger partial charge in [0.15, 0.2) is 0 Å². The summed E-state index contributed by atoms with van der Waals surface area (Å²) in [6.07, 6.45) is 5.93. The number of hydrogen-bond donors (Lipinski definition) is 2. The summed E-state index contributed by atoms with van der Waals surface area (Å²) in [5, 5.41) is 4.73. The molecule has 4 heterocycles. The number of H-pyrrole nitrogens is 1. The van der Waals surface area contributed by atoms with Gasteiger partial charge in [0.05, 0.1) is 11.9 Å². The van der Waals surface area contributed by atoms with Gasteiger partial charge < -0.3 is 15.2 Å². The Morgan fingerprint density at radius 3 is 3.00 bits per heavy atom. The zero-order chi connectivity index (χ0) is 14.5. The highest BCUT2D eigenvalue weighted by Crippen LogP contribution is 2.34. The molecule has 5 rings (SSSR count). The predicted molar refractivity (Wildman–Crippen MR) is 89.0 cm³/mol. The lowest BCUT2D eigenvalue weighted by atomic mass is 9.91. The maximum absolute atomic E-state index is 4.47. The fourth-order valence-corrected chi connectivity index (χ4v) is 3.79. The van der Waals surface area contributed by atoms with Gasteiger partial charge in [0, 0.05) is 55.1 Å². The molecule has 22 heavy (non-hydrogen) atoms. The second-order valence-corrected chi connectivity index (χ2v) is 6.35. The lowest BCUT2D eigenvalue weighted by molar-refractivity contribution is 0.365. The molecule has 0 amide bonds. The smallest absolute Gasteiger partial charge is 0.0562 e. The van der Waals surface area contributed by atoms with Crippen molar-refractivity contribution >= 4 is 16.6 Å². The zero-order valence-electron chi connectivity index (χ0n) is 12.3. The fourth-order valence-electron chi connectivity index (χ4n) is 3.79. The van der Waals surface area contributed by atoms with E-state index in [1.54, 1.807) is 0 Å². The number of aromatic nitrogens is 2. The molecule has 3 aromatic rings. The van der Waals surface area contributed by atoms with Gasteiger partial charge in [-0.05, 0) is 29.1 Å². The van der Waals surface area contributed by atoms with Crippen LogP contribution in [-0.4, -0.2) is 35.6 Å². The Hall–Kier alpha value is -2.33. The lowest BCUT2D eigenvalue weighted by Crippen LogP contribution is -2.55. The quantitative estimate of drug-likeness (QED) is 0.762. The van der Waals surface area contributed by atoms with Crippen LogP contribution >= 0.6 is 0 Å². The minimum atomic E-state index is 0.655. The Labute approximate surface area is 129 Å². The van der Waals surface area contributed by atoms with Crippen LogP contribution in [0.5, 0.6) is 0 Å². The van der Waals surface area contributed by atoms with Crippen LogP contribution in [0.4, 0.5) is 5.69 Å². The topological polar surface area (TPSA) is 44.0 Å². The Bertz CT molecular complexity index is 838. The highest BCUT2D eigenvalue weighted by Gasteiger charge is 2.42. The third-order valence-electron chi connectivity index (χ3n) is 5.08. The van der Waals surface area contributed by atoms with E-state index >= 15 is 0 Å². The normalized spacial score (nSPS) is 23.5. The van der Waals surface area contributed by atoms with E-state index < -0.39 is 0 Å². The summed E-state index contributed by atoms with van der Waals surface area (Å²) >= 11 is 0. The van der Waals surface area contributed by atoms with E-state index in [1.165, 1.54) is 27.7 Å². The number of hydrogen-bond acceptors (Lipinski definition) is 3. The van der Waals surface area contributed by atoms with Crippen molar-refractivity contribution in [2.45, 2.75) is 6.04 Å². The van der Waals surface area contributed by atoms with E-state index in [9.17, 15) is 0 Å². The summed E-state index contributed by atoms with van der Waals surface area (Å²) in [6.45, 7) is 3.42. The first-order valence-electron chi connectivity index (χ1n) is 7.88. The number of nitrogens with zero attached hydrogens (tertiary/aromatic N) is 2. The van der Waals surface area contributed by atoms with Crippen LogP contribution in [0.25, 0.3) is 22.0 Å². The Morgan fingerprint density at radius 1 is 1.05 bits per heavy atom. The molecular formula is C18H18N4. The van der Waals surface area contributed by atoms with Gasteiger partial charge in [-0.1, -0.05) is 12.1 Å². The average molecular weight is 290 g/mol. The SMILES string of the molecule is c1cc2ccc(-c3cncc(N4C[C@H]5CNC[C@H]54)c3)cc2[nH]1. The molecule has 2 aliphatic rings. The lowest BCUT2D eigenvalue weighted by Gasteiger charge is -2.45. The van der Waals surface area contributed by atoms with Crippen molar-refractivity contribution in [3.05, 3.63) is 48.9 Å². The molecule has 2 saturated heterocycles. The van der Waals surface area contributed by atoms with Crippen LogP contribution in [0.2, 0.25) is 0 Å². The van der Waals surface area contributed by atoms with Gasteiger partial charge in [-0.15, -0.1) is 0 Å². The molecule has 4 heteroatoms. The maximum Gasteiger partial charge on any atom is 0.0562 e. The summed E-state index contributed by atoms with van der Waals surface area (Å²) in [4.78, 5) is 10.2. The van der Waals surface area contributed by atoms with Gasteiger partial charge in [0.1, 0.15) is 0 Å². The molecule has 0 saturated carbocycles. The van der Waals surface area contributed by atoms with Gasteiger partial charge in [-0.25, -0.2) is 0 Å². The molecule has 2 fully saturated rings. The number of pyridine rings is 1. The van der Waals surface area contributed by atoms with E-state index in [4.69, 9.17) is 0 Å². The monoisotopic (exact) mass is 290 g/mol. The van der Waals surface area contributed by atoms with Gasteiger partial charge in [0.25, 0.3) is 0 Å². The summed E-state index contributed by atoms with van der Waals surface area (Å²) in [6, 6.07) is 11.6. The standard InChI is InChI=1S/C18H18N4/c1-2-13(6-17-12(1)3-4-21-17)14-5-16(9-19-7-14)22-11-15-8-20-10-18(15)22/h1-7,9,15,18,20-21H,8,10-11H2/t15-,18-/m1/s1. The van der Waals surface area contributed by atoms with Crippen LogP contribution in [-0.2, 0) is 0 Å². The van der Waals surface area contributed by atoms with Gasteiger partial charge in [-0.2, -0.15) is 0 Å². The molecule has 0 radical (unpaired) electrons. The summed E-state index contributed by atoms with van der Waals surface area (Å²) < 4.78 is 0. The van der Waals surface area contributed by atoms with Crippen molar-refractivity contribution in [3.8, 4) is 11.1 Å². The van der Waals surface area contributed by atoms with E-state index in [2.05, 4.69) is 50.5 Å². The molecule has 2 aromatic heterocycles. The largest absolute Gasteiger partial charge is 0.365 e. The van der Waals surface area contributed by atoms with E-state index in [0.717, 1.165) is 25.6 Å². The van der Waals surface area contributed by atoms with Gasteiger partial charge >= 0.3 is 0 Å². The molecule has 2 N–H and O–H groups in total. The average Bonchev–Trinajstić information content (AvgIpc) is 3.14. The Kier molecular flexibility index (Phi) is 2.55. The molecule has 0 aliphatic carbocycles. The molecule has 2 aliphatic heterocycles. The van der Waals surface area contributed by atoms with E-state index in [1.807, 2.05) is 18.6 Å². The van der Waals surface area contributed by atoms with Crippen molar-refractivity contribution in [3.63, 3.8) is 0 Å². The number of fused-ring (bicyclic) bond motifs is 2. The van der Waals surface area contributed by atoms with Crippen molar-refractivity contribution in [2.75, 3.05) is 24.5 Å². The number of anilines is 1. The second kappa shape index (κ2) is 4.58. The molecular weight excluding hydrogens is 272 g/mol. The zero-order valence-corrected chi connectivity index (χ0v) is 12.3. The maximum atomic E-state index is 4.47. The highest BCUT2D eigenvalue weighted by molar-refractivity contribution is 5.85. The summed E-state index contributed by atoms with van der Waals surface area (Å²) in [5.41, 5.74) is 4.82. The molecule has 0 unspecified atom stereocenters. The number of benzene rings is 1. The van der Waals surface area contributed by atoms with Crippen LogP contribution in [0, 0.1) is 5.92 Å². The molecule has 1 aromatic carbocycles. The third-order valence-corrected chi connectivity index (χ3v) is 5.08. The summed E-state index contributed by atoms with van der Waals surface area (Å²) in [7, 11) is 0. The van der Waals surface area contributed by atoms with Crippen molar-refractivity contribution in [1.29, 1.82) is 0 Å². The van der Waals surface area contributed by atoms with Crippen LogP contribution < -0.4 is 10.2 Å². The first kappa shape index (κ1) is 12.2. The van der Waals surface area contributed by atoms with Crippen LogP contribution in [0.1, 0.15) is 0 Å². The molecule has 110 valence electrons. The highest BCUT2D eigenvalue weighted by atomic mass is 15.3.